The second-order valence-electron chi connectivity index (χ2n) is 4.19. The van der Waals surface area contributed by atoms with Gasteiger partial charge in [0.25, 0.3) is 0 Å². The first kappa shape index (κ1) is 12.1. The van der Waals surface area contributed by atoms with Crippen molar-refractivity contribution < 1.29 is 4.74 Å². The Kier molecular flexibility index (Phi) is 3.42. The first-order valence-corrected chi connectivity index (χ1v) is 7.02. The van der Waals surface area contributed by atoms with Gasteiger partial charge in [0.15, 0.2) is 0 Å². The fourth-order valence-electron chi connectivity index (χ4n) is 1.87. The molecule has 1 aromatic carbocycles. The van der Waals surface area contributed by atoms with Crippen molar-refractivity contribution in [3.8, 4) is 5.75 Å². The van der Waals surface area contributed by atoms with Crippen molar-refractivity contribution in [3.63, 3.8) is 0 Å². The van der Waals surface area contributed by atoms with Gasteiger partial charge in [-0.1, -0.05) is 12.1 Å². The number of nitrogens with zero attached hydrogens (tertiary/aromatic N) is 2. The number of thioether (sulfide) groups is 1. The molecule has 0 aliphatic rings. The van der Waals surface area contributed by atoms with Gasteiger partial charge in [-0.15, -0.1) is 11.8 Å². The number of fused-ring (bicyclic) bond motifs is 1. The first-order chi connectivity index (χ1) is 9.35. The third kappa shape index (κ3) is 2.74. The zero-order chi connectivity index (χ0) is 13.1. The first-order valence-electron chi connectivity index (χ1n) is 6.03. The summed E-state index contributed by atoms with van der Waals surface area (Å²) in [5.74, 6) is 1.85. The summed E-state index contributed by atoms with van der Waals surface area (Å²) in [6.07, 6.45) is 5.89. The molecule has 0 bridgehead atoms. The fraction of sp³-hybridized carbons (Fsp3) is 0.133. The minimum atomic E-state index is 0.897. The predicted molar refractivity (Wildman–Crippen MR) is 77.7 cm³/mol. The minimum Gasteiger partial charge on any atom is -0.497 e. The topological polar surface area (TPSA) is 26.5 Å². The van der Waals surface area contributed by atoms with Crippen molar-refractivity contribution in [1.82, 2.24) is 9.38 Å². The van der Waals surface area contributed by atoms with Crippen LogP contribution in [0.2, 0.25) is 0 Å². The third-order valence-electron chi connectivity index (χ3n) is 2.93. The van der Waals surface area contributed by atoms with E-state index >= 15 is 0 Å². The lowest BCUT2D eigenvalue weighted by Gasteiger charge is -2.04. The van der Waals surface area contributed by atoms with Crippen molar-refractivity contribution >= 4 is 17.4 Å². The number of benzene rings is 1. The molecule has 0 amide bonds. The highest BCUT2D eigenvalue weighted by Crippen LogP contribution is 2.24. The van der Waals surface area contributed by atoms with Crippen LogP contribution >= 0.6 is 11.8 Å². The fourth-order valence-corrected chi connectivity index (χ4v) is 2.75. The van der Waals surface area contributed by atoms with Gasteiger partial charge in [-0.05, 0) is 29.8 Å². The number of aromatic nitrogens is 2. The highest BCUT2D eigenvalue weighted by atomic mass is 32.2. The van der Waals surface area contributed by atoms with E-state index in [0.29, 0.717) is 0 Å². The van der Waals surface area contributed by atoms with E-state index in [1.807, 2.05) is 46.8 Å². The summed E-state index contributed by atoms with van der Waals surface area (Å²) in [7, 11) is 1.68. The van der Waals surface area contributed by atoms with Gasteiger partial charge in [-0.2, -0.15) is 0 Å². The SMILES string of the molecule is COc1ccc(CSc2ccc3nccn3c2)cc1. The zero-order valence-corrected chi connectivity index (χ0v) is 11.4. The summed E-state index contributed by atoms with van der Waals surface area (Å²) in [5.41, 5.74) is 2.27. The summed E-state index contributed by atoms with van der Waals surface area (Å²) < 4.78 is 7.19. The predicted octanol–water partition coefficient (Wildman–Crippen LogP) is 3.64. The molecule has 3 nitrogen and oxygen atoms in total. The summed E-state index contributed by atoms with van der Waals surface area (Å²) in [5, 5.41) is 0. The summed E-state index contributed by atoms with van der Waals surface area (Å²) in [6, 6.07) is 12.3. The molecule has 0 radical (unpaired) electrons. The molecule has 2 heterocycles. The molecular weight excluding hydrogens is 256 g/mol. The Morgan fingerprint density at radius 3 is 2.79 bits per heavy atom. The van der Waals surface area contributed by atoms with Gasteiger partial charge in [0.2, 0.25) is 0 Å². The van der Waals surface area contributed by atoms with Gasteiger partial charge in [0.05, 0.1) is 7.11 Å². The van der Waals surface area contributed by atoms with E-state index in [9.17, 15) is 0 Å². The molecule has 3 rings (SSSR count). The third-order valence-corrected chi connectivity index (χ3v) is 3.98. The summed E-state index contributed by atoms with van der Waals surface area (Å²) in [6.45, 7) is 0. The molecule has 0 fully saturated rings. The lowest BCUT2D eigenvalue weighted by Crippen LogP contribution is -1.86. The normalized spacial score (nSPS) is 10.8. The largest absolute Gasteiger partial charge is 0.497 e. The van der Waals surface area contributed by atoms with Crippen LogP contribution in [0.4, 0.5) is 0 Å². The Bertz CT molecular complexity index is 676. The van der Waals surface area contributed by atoms with Gasteiger partial charge in [-0.3, -0.25) is 0 Å². The molecule has 19 heavy (non-hydrogen) atoms. The number of ether oxygens (including phenoxy) is 1. The minimum absolute atomic E-state index is 0.897. The van der Waals surface area contributed by atoms with Crippen LogP contribution in [0.5, 0.6) is 5.75 Å². The van der Waals surface area contributed by atoms with Crippen LogP contribution in [0.15, 0.2) is 59.9 Å². The zero-order valence-electron chi connectivity index (χ0n) is 10.6. The van der Waals surface area contributed by atoms with Crippen LogP contribution < -0.4 is 4.74 Å². The van der Waals surface area contributed by atoms with Crippen LogP contribution in [0.25, 0.3) is 5.65 Å². The number of methoxy groups -OCH3 is 1. The molecule has 4 heteroatoms. The number of hydrogen-bond acceptors (Lipinski definition) is 3. The van der Waals surface area contributed by atoms with Gasteiger partial charge in [0, 0.05) is 29.2 Å². The van der Waals surface area contributed by atoms with E-state index in [1.165, 1.54) is 10.5 Å². The molecule has 96 valence electrons. The van der Waals surface area contributed by atoms with Gasteiger partial charge in [0.1, 0.15) is 11.4 Å². The summed E-state index contributed by atoms with van der Waals surface area (Å²) in [4.78, 5) is 5.47. The van der Waals surface area contributed by atoms with Crippen molar-refractivity contribution in [3.05, 3.63) is 60.6 Å². The van der Waals surface area contributed by atoms with E-state index in [0.717, 1.165) is 17.1 Å². The molecule has 0 spiro atoms. The van der Waals surface area contributed by atoms with Crippen molar-refractivity contribution in [2.45, 2.75) is 10.6 Å². The van der Waals surface area contributed by atoms with Gasteiger partial charge in [-0.25, -0.2) is 4.98 Å². The molecule has 2 aromatic heterocycles. The highest BCUT2D eigenvalue weighted by molar-refractivity contribution is 7.98. The second kappa shape index (κ2) is 5.36. The standard InChI is InChI=1S/C15H14N2OS/c1-18-13-4-2-12(3-5-13)11-19-14-6-7-15-16-8-9-17(15)10-14/h2-10H,11H2,1H3. The molecule has 0 aliphatic heterocycles. The maximum atomic E-state index is 5.15. The van der Waals surface area contributed by atoms with Crippen molar-refractivity contribution in [2.75, 3.05) is 7.11 Å². The average Bonchev–Trinajstić information content (AvgIpc) is 2.93. The van der Waals surface area contributed by atoms with Crippen LogP contribution in [0.1, 0.15) is 5.56 Å². The quantitative estimate of drug-likeness (QED) is 0.677. The maximum Gasteiger partial charge on any atom is 0.136 e. The van der Waals surface area contributed by atoms with Gasteiger partial charge >= 0.3 is 0 Å². The lowest BCUT2D eigenvalue weighted by molar-refractivity contribution is 0.414. The molecule has 0 saturated heterocycles. The smallest absolute Gasteiger partial charge is 0.136 e. The maximum absolute atomic E-state index is 5.15. The Morgan fingerprint density at radius 2 is 2.00 bits per heavy atom. The molecule has 0 aliphatic carbocycles. The number of pyridine rings is 1. The lowest BCUT2D eigenvalue weighted by atomic mass is 10.2. The second-order valence-corrected chi connectivity index (χ2v) is 5.24. The van der Waals surface area contributed by atoms with Crippen LogP contribution in [-0.4, -0.2) is 16.5 Å². The Labute approximate surface area is 116 Å². The van der Waals surface area contributed by atoms with Crippen LogP contribution in [-0.2, 0) is 5.75 Å². The molecular formula is C15H14N2OS. The van der Waals surface area contributed by atoms with Crippen molar-refractivity contribution in [1.29, 1.82) is 0 Å². The Balaban J connectivity index is 1.70. The highest BCUT2D eigenvalue weighted by Gasteiger charge is 1.99. The van der Waals surface area contributed by atoms with Crippen LogP contribution in [0.3, 0.4) is 0 Å². The average molecular weight is 270 g/mol. The van der Waals surface area contributed by atoms with Crippen LogP contribution in [0, 0.1) is 0 Å². The monoisotopic (exact) mass is 270 g/mol. The van der Waals surface area contributed by atoms with E-state index in [4.69, 9.17) is 4.74 Å². The molecule has 0 saturated carbocycles. The number of hydrogen-bond donors (Lipinski definition) is 0. The summed E-state index contributed by atoms with van der Waals surface area (Å²) >= 11 is 1.82. The number of rotatable bonds is 4. The van der Waals surface area contributed by atoms with E-state index in [1.54, 1.807) is 7.11 Å². The Morgan fingerprint density at radius 1 is 1.16 bits per heavy atom. The van der Waals surface area contributed by atoms with E-state index in [-0.39, 0.29) is 0 Å². The molecule has 0 N–H and O–H groups in total. The van der Waals surface area contributed by atoms with Gasteiger partial charge < -0.3 is 9.14 Å². The Hall–Kier alpha value is -1.94. The van der Waals surface area contributed by atoms with E-state index < -0.39 is 0 Å². The molecule has 3 aromatic rings. The number of imidazole rings is 1. The van der Waals surface area contributed by atoms with E-state index in [2.05, 4.69) is 29.4 Å². The van der Waals surface area contributed by atoms with Crippen molar-refractivity contribution in [2.24, 2.45) is 0 Å². The molecule has 0 atom stereocenters. The molecule has 0 unspecified atom stereocenters.